The molecule has 25 heavy (non-hydrogen) atoms. The van der Waals surface area contributed by atoms with Crippen LogP contribution in [0.5, 0.6) is 5.75 Å². The zero-order valence-corrected chi connectivity index (χ0v) is 15.2. The lowest BCUT2D eigenvalue weighted by Crippen LogP contribution is -2.23. The second-order valence-electron chi connectivity index (χ2n) is 5.60. The fourth-order valence-corrected chi connectivity index (χ4v) is 3.13. The Morgan fingerprint density at radius 2 is 2.12 bits per heavy atom. The van der Waals surface area contributed by atoms with Crippen LogP contribution in [0.2, 0.25) is 0 Å². The average molecular weight is 364 g/mol. The molecule has 1 aromatic carbocycles. The Bertz CT molecular complexity index is 775. The Balaban J connectivity index is 2.14. The Morgan fingerprint density at radius 1 is 1.40 bits per heavy atom. The monoisotopic (exact) mass is 364 g/mol. The number of carbonyl (C=O) groups excluding carboxylic acids is 1. The van der Waals surface area contributed by atoms with Gasteiger partial charge in [-0.2, -0.15) is 0 Å². The van der Waals surface area contributed by atoms with Gasteiger partial charge in [0, 0.05) is 30.6 Å². The third kappa shape index (κ3) is 4.50. The van der Waals surface area contributed by atoms with Gasteiger partial charge in [0.15, 0.2) is 5.16 Å². The van der Waals surface area contributed by atoms with Crippen molar-refractivity contribution in [2.45, 2.75) is 37.2 Å². The molecule has 2 aromatic rings. The number of methoxy groups -OCH3 is 1. The molecular formula is C16H20N4O4S. The van der Waals surface area contributed by atoms with Crippen molar-refractivity contribution in [3.63, 3.8) is 0 Å². The van der Waals surface area contributed by atoms with E-state index in [2.05, 4.69) is 10.3 Å². The highest BCUT2D eigenvalue weighted by Gasteiger charge is 2.20. The van der Waals surface area contributed by atoms with E-state index in [9.17, 15) is 14.9 Å². The van der Waals surface area contributed by atoms with Gasteiger partial charge in [-0.15, -0.1) is 0 Å². The summed E-state index contributed by atoms with van der Waals surface area (Å²) in [6.45, 7) is 5.82. The second kappa shape index (κ2) is 8.02. The van der Waals surface area contributed by atoms with Crippen LogP contribution in [0.15, 0.2) is 35.7 Å². The second-order valence-corrected chi connectivity index (χ2v) is 6.91. The average Bonchev–Trinajstić information content (AvgIpc) is 3.02. The molecule has 0 bridgehead atoms. The predicted octanol–water partition coefficient (Wildman–Crippen LogP) is 3.50. The Labute approximate surface area is 149 Å². The number of nitro benzene ring substituents is 1. The number of rotatable bonds is 7. The molecule has 0 aliphatic carbocycles. The zero-order valence-electron chi connectivity index (χ0n) is 14.4. The summed E-state index contributed by atoms with van der Waals surface area (Å²) in [5.74, 6) is 0.0712. The van der Waals surface area contributed by atoms with Crippen LogP contribution in [0, 0.1) is 10.1 Å². The van der Waals surface area contributed by atoms with E-state index in [4.69, 9.17) is 4.74 Å². The van der Waals surface area contributed by atoms with Crippen LogP contribution in [0.25, 0.3) is 0 Å². The van der Waals surface area contributed by atoms with Crippen molar-refractivity contribution < 1.29 is 14.5 Å². The summed E-state index contributed by atoms with van der Waals surface area (Å²) in [6, 6.07) is 4.30. The quantitative estimate of drug-likeness (QED) is 0.458. The molecule has 0 aliphatic heterocycles. The number of hydrogen-bond donors (Lipinski definition) is 1. The van der Waals surface area contributed by atoms with Gasteiger partial charge in [0.2, 0.25) is 5.91 Å². The molecule has 0 fully saturated rings. The van der Waals surface area contributed by atoms with E-state index in [0.29, 0.717) is 5.75 Å². The van der Waals surface area contributed by atoms with E-state index in [1.807, 2.05) is 24.6 Å². The van der Waals surface area contributed by atoms with Crippen LogP contribution in [-0.4, -0.2) is 32.7 Å². The lowest BCUT2D eigenvalue weighted by atomic mass is 10.2. The number of nitro groups is 1. The Morgan fingerprint density at radius 3 is 2.72 bits per heavy atom. The number of thioether (sulfide) groups is 1. The summed E-state index contributed by atoms with van der Waals surface area (Å²) in [5.41, 5.74) is 0.146. The number of nitrogens with zero attached hydrogens (tertiary/aromatic N) is 3. The Hall–Kier alpha value is -2.55. The van der Waals surface area contributed by atoms with E-state index >= 15 is 0 Å². The van der Waals surface area contributed by atoms with Gasteiger partial charge in [-0.3, -0.25) is 14.9 Å². The summed E-state index contributed by atoms with van der Waals surface area (Å²) in [7, 11) is 1.44. The van der Waals surface area contributed by atoms with Crippen LogP contribution in [0.3, 0.4) is 0 Å². The van der Waals surface area contributed by atoms with Crippen molar-refractivity contribution in [3.05, 3.63) is 40.7 Å². The number of non-ortho nitro benzene ring substituents is 1. The molecule has 8 nitrogen and oxygen atoms in total. The SMILES string of the molecule is COc1ccc([N+](=O)[O-])cc1NC(=O)C(C)Sc1nccn1C(C)C. The van der Waals surface area contributed by atoms with Gasteiger partial charge in [0.05, 0.1) is 23.0 Å². The van der Waals surface area contributed by atoms with E-state index in [1.165, 1.54) is 37.1 Å². The maximum Gasteiger partial charge on any atom is 0.271 e. The van der Waals surface area contributed by atoms with Crippen LogP contribution in [0.1, 0.15) is 26.8 Å². The largest absolute Gasteiger partial charge is 0.495 e. The van der Waals surface area contributed by atoms with Crippen LogP contribution < -0.4 is 10.1 Å². The lowest BCUT2D eigenvalue weighted by molar-refractivity contribution is -0.384. The van der Waals surface area contributed by atoms with Crippen molar-refractivity contribution in [3.8, 4) is 5.75 Å². The highest BCUT2D eigenvalue weighted by atomic mass is 32.2. The molecule has 1 amide bonds. The predicted molar refractivity (Wildman–Crippen MR) is 96.2 cm³/mol. The number of amides is 1. The minimum atomic E-state index is -0.521. The van der Waals surface area contributed by atoms with Gasteiger partial charge >= 0.3 is 0 Å². The van der Waals surface area contributed by atoms with Gasteiger partial charge in [-0.05, 0) is 26.8 Å². The maximum atomic E-state index is 12.5. The van der Waals surface area contributed by atoms with Gasteiger partial charge in [-0.1, -0.05) is 11.8 Å². The van der Waals surface area contributed by atoms with Gasteiger partial charge in [0.25, 0.3) is 5.69 Å². The van der Waals surface area contributed by atoms with Gasteiger partial charge < -0.3 is 14.6 Å². The molecule has 1 atom stereocenters. The normalized spacial score (nSPS) is 12.0. The number of anilines is 1. The molecule has 1 aromatic heterocycles. The van der Waals surface area contributed by atoms with Crippen molar-refractivity contribution in [1.82, 2.24) is 9.55 Å². The van der Waals surface area contributed by atoms with E-state index < -0.39 is 10.2 Å². The summed E-state index contributed by atoms with van der Waals surface area (Å²) in [5, 5.41) is 13.9. The smallest absolute Gasteiger partial charge is 0.271 e. The first kappa shape index (κ1) is 18.8. The van der Waals surface area contributed by atoms with Gasteiger partial charge in [-0.25, -0.2) is 4.98 Å². The van der Waals surface area contributed by atoms with E-state index in [1.54, 1.807) is 13.1 Å². The first-order chi connectivity index (χ1) is 11.8. The molecule has 1 N–H and O–H groups in total. The highest BCUT2D eigenvalue weighted by molar-refractivity contribution is 8.00. The minimum Gasteiger partial charge on any atom is -0.495 e. The number of nitrogens with one attached hydrogen (secondary N) is 1. The molecular weight excluding hydrogens is 344 g/mol. The number of benzene rings is 1. The third-order valence-electron chi connectivity index (χ3n) is 3.49. The molecule has 9 heteroatoms. The lowest BCUT2D eigenvalue weighted by Gasteiger charge is -2.16. The first-order valence-electron chi connectivity index (χ1n) is 7.66. The summed E-state index contributed by atoms with van der Waals surface area (Å²) in [6.07, 6.45) is 3.55. The fraction of sp³-hybridized carbons (Fsp3) is 0.375. The topological polar surface area (TPSA) is 99.3 Å². The first-order valence-corrected chi connectivity index (χ1v) is 8.54. The summed E-state index contributed by atoms with van der Waals surface area (Å²) >= 11 is 1.32. The van der Waals surface area contributed by atoms with Crippen LogP contribution >= 0.6 is 11.8 Å². The minimum absolute atomic E-state index is 0.119. The number of aromatic nitrogens is 2. The fourth-order valence-electron chi connectivity index (χ4n) is 2.14. The molecule has 2 rings (SSSR count). The molecule has 0 saturated heterocycles. The number of carbonyl (C=O) groups is 1. The number of hydrogen-bond acceptors (Lipinski definition) is 6. The van der Waals surface area contributed by atoms with Crippen LogP contribution in [-0.2, 0) is 4.79 Å². The molecule has 1 unspecified atom stereocenters. The van der Waals surface area contributed by atoms with E-state index in [-0.39, 0.29) is 23.3 Å². The molecule has 0 spiro atoms. The summed E-state index contributed by atoms with van der Waals surface area (Å²) < 4.78 is 7.13. The Kier molecular flexibility index (Phi) is 6.02. The molecule has 0 saturated carbocycles. The molecule has 134 valence electrons. The van der Waals surface area contributed by atoms with Crippen molar-refractivity contribution in [2.24, 2.45) is 0 Å². The summed E-state index contributed by atoms with van der Waals surface area (Å²) in [4.78, 5) is 27.1. The van der Waals surface area contributed by atoms with E-state index in [0.717, 1.165) is 5.16 Å². The standard InChI is InChI=1S/C16H20N4O4S/c1-10(2)19-8-7-17-16(19)25-11(3)15(21)18-13-9-12(20(22)23)5-6-14(13)24-4/h5-11H,1-4H3,(H,18,21). The molecule has 1 heterocycles. The van der Waals surface area contributed by atoms with Crippen LogP contribution in [0.4, 0.5) is 11.4 Å². The van der Waals surface area contributed by atoms with Crippen molar-refractivity contribution >= 4 is 29.0 Å². The van der Waals surface area contributed by atoms with Crippen molar-refractivity contribution in [2.75, 3.05) is 12.4 Å². The third-order valence-corrected chi connectivity index (χ3v) is 4.59. The molecule has 0 radical (unpaired) electrons. The van der Waals surface area contributed by atoms with Crippen molar-refractivity contribution in [1.29, 1.82) is 0 Å². The highest BCUT2D eigenvalue weighted by Crippen LogP contribution is 2.30. The van der Waals surface area contributed by atoms with Gasteiger partial charge in [0.1, 0.15) is 5.75 Å². The molecule has 0 aliphatic rings. The maximum absolute atomic E-state index is 12.5. The number of imidazole rings is 1. The number of ether oxygens (including phenoxy) is 1. The zero-order chi connectivity index (χ0) is 18.6.